The molecule has 2 aromatic carbocycles. The first-order valence-corrected chi connectivity index (χ1v) is 10.3. The quantitative estimate of drug-likeness (QED) is 0.611. The van der Waals surface area contributed by atoms with Crippen molar-refractivity contribution in [1.82, 2.24) is 10.6 Å². The van der Waals surface area contributed by atoms with Crippen molar-refractivity contribution in [2.75, 3.05) is 0 Å². The number of hydrogen-bond donors (Lipinski definition) is 2. The average molecular weight is 429 g/mol. The number of benzene rings is 2. The van der Waals surface area contributed by atoms with Crippen LogP contribution in [0.3, 0.4) is 0 Å². The second-order valence-corrected chi connectivity index (χ2v) is 8.49. The van der Waals surface area contributed by atoms with Crippen molar-refractivity contribution in [3.8, 4) is 17.2 Å². The van der Waals surface area contributed by atoms with Gasteiger partial charge in [-0.2, -0.15) is 18.4 Å². The lowest BCUT2D eigenvalue weighted by atomic mass is 9.97. The number of amides is 1. The SMILES string of the molecule is CC(C)C[C@H](N[C@@H](c1ccc(-c2ccccc2)cc1)C(F)(F)F)C(=O)NC1(C#N)CC1. The molecule has 1 aliphatic rings. The fraction of sp³-hybridized carbons (Fsp3) is 0.417. The van der Waals surface area contributed by atoms with E-state index in [0.717, 1.165) is 11.1 Å². The predicted molar refractivity (Wildman–Crippen MR) is 113 cm³/mol. The fourth-order valence-corrected chi connectivity index (χ4v) is 3.51. The van der Waals surface area contributed by atoms with Crippen LogP contribution in [0, 0.1) is 17.2 Å². The minimum atomic E-state index is -4.59. The molecule has 0 radical (unpaired) electrons. The van der Waals surface area contributed by atoms with E-state index >= 15 is 0 Å². The number of carbonyl (C=O) groups excluding carboxylic acids is 1. The Hall–Kier alpha value is -2.85. The highest BCUT2D eigenvalue weighted by Gasteiger charge is 2.47. The van der Waals surface area contributed by atoms with Gasteiger partial charge in [0.25, 0.3) is 0 Å². The molecule has 0 bridgehead atoms. The number of halogens is 3. The number of nitriles is 1. The molecule has 1 fully saturated rings. The highest BCUT2D eigenvalue weighted by molar-refractivity contribution is 5.83. The van der Waals surface area contributed by atoms with Gasteiger partial charge in [0, 0.05) is 0 Å². The van der Waals surface area contributed by atoms with Gasteiger partial charge in [-0.1, -0.05) is 68.4 Å². The highest BCUT2D eigenvalue weighted by atomic mass is 19.4. The van der Waals surface area contributed by atoms with Crippen LogP contribution in [-0.2, 0) is 4.79 Å². The van der Waals surface area contributed by atoms with E-state index < -0.39 is 29.7 Å². The number of carbonyl (C=O) groups is 1. The minimum Gasteiger partial charge on any atom is -0.336 e. The number of nitrogens with one attached hydrogen (secondary N) is 2. The number of hydrogen-bond acceptors (Lipinski definition) is 3. The van der Waals surface area contributed by atoms with Crippen LogP contribution in [0.1, 0.15) is 44.7 Å². The largest absolute Gasteiger partial charge is 0.407 e. The zero-order valence-electron chi connectivity index (χ0n) is 17.5. The molecule has 1 amide bonds. The summed E-state index contributed by atoms with van der Waals surface area (Å²) in [4.78, 5) is 12.7. The van der Waals surface area contributed by atoms with E-state index in [1.807, 2.05) is 50.2 Å². The topological polar surface area (TPSA) is 64.9 Å². The van der Waals surface area contributed by atoms with Gasteiger partial charge >= 0.3 is 6.18 Å². The molecule has 0 saturated heterocycles. The summed E-state index contributed by atoms with van der Waals surface area (Å²) in [6, 6.07) is 14.6. The third-order valence-corrected chi connectivity index (χ3v) is 5.40. The van der Waals surface area contributed by atoms with Crippen LogP contribution in [0.4, 0.5) is 13.2 Å². The standard InChI is InChI=1S/C24H26F3N3O/c1-16(2)14-20(22(31)30-23(15-28)12-13-23)29-21(24(25,26)27)19-10-8-18(9-11-19)17-6-4-3-5-7-17/h3-11,16,20-21,29H,12-14H2,1-2H3,(H,30,31)/t20-,21-/m0/s1. The summed E-state index contributed by atoms with van der Waals surface area (Å²) in [6.07, 6.45) is -3.32. The van der Waals surface area contributed by atoms with Crippen molar-refractivity contribution < 1.29 is 18.0 Å². The molecule has 2 N–H and O–H groups in total. The van der Waals surface area contributed by atoms with E-state index in [4.69, 9.17) is 0 Å². The molecular weight excluding hydrogens is 403 g/mol. The molecule has 3 rings (SSSR count). The summed E-state index contributed by atoms with van der Waals surface area (Å²) in [5, 5.41) is 14.4. The zero-order chi connectivity index (χ0) is 22.6. The summed E-state index contributed by atoms with van der Waals surface area (Å²) in [5.41, 5.74) is 0.828. The van der Waals surface area contributed by atoms with Crippen LogP contribution in [0.5, 0.6) is 0 Å². The molecule has 0 aromatic heterocycles. The molecule has 0 aliphatic heterocycles. The van der Waals surface area contributed by atoms with Gasteiger partial charge in [-0.15, -0.1) is 0 Å². The van der Waals surface area contributed by atoms with Crippen LogP contribution in [0.2, 0.25) is 0 Å². The Morgan fingerprint density at radius 1 is 1.06 bits per heavy atom. The smallest absolute Gasteiger partial charge is 0.336 e. The van der Waals surface area contributed by atoms with Crippen LogP contribution in [0.25, 0.3) is 11.1 Å². The first-order chi connectivity index (χ1) is 14.6. The molecule has 1 aliphatic carbocycles. The van der Waals surface area contributed by atoms with Gasteiger partial charge in [-0.25, -0.2) is 0 Å². The summed E-state index contributed by atoms with van der Waals surface area (Å²) in [5.74, 6) is -0.572. The molecule has 7 heteroatoms. The molecule has 1 saturated carbocycles. The monoisotopic (exact) mass is 429 g/mol. The summed E-state index contributed by atoms with van der Waals surface area (Å²) < 4.78 is 41.9. The Labute approximate surface area is 180 Å². The number of rotatable bonds is 8. The zero-order valence-corrected chi connectivity index (χ0v) is 17.5. The normalized spacial score (nSPS) is 16.9. The van der Waals surface area contributed by atoms with Crippen LogP contribution >= 0.6 is 0 Å². The van der Waals surface area contributed by atoms with Gasteiger partial charge in [-0.3, -0.25) is 10.1 Å². The van der Waals surface area contributed by atoms with Gasteiger partial charge in [-0.05, 0) is 41.9 Å². The summed E-state index contributed by atoms with van der Waals surface area (Å²) >= 11 is 0. The Kier molecular flexibility index (Phi) is 6.71. The predicted octanol–water partition coefficient (Wildman–Crippen LogP) is 5.13. The molecule has 2 atom stereocenters. The molecule has 0 heterocycles. The lowest BCUT2D eigenvalue weighted by Gasteiger charge is -2.29. The first kappa shape index (κ1) is 22.8. The van der Waals surface area contributed by atoms with Crippen molar-refractivity contribution in [2.24, 2.45) is 5.92 Å². The van der Waals surface area contributed by atoms with Crippen molar-refractivity contribution in [2.45, 2.75) is 56.9 Å². The van der Waals surface area contributed by atoms with Crippen molar-refractivity contribution in [1.29, 1.82) is 5.26 Å². The third-order valence-electron chi connectivity index (χ3n) is 5.40. The first-order valence-electron chi connectivity index (χ1n) is 10.3. The Bertz CT molecular complexity index is 929. The molecule has 31 heavy (non-hydrogen) atoms. The van der Waals surface area contributed by atoms with Gasteiger partial charge in [0.1, 0.15) is 11.6 Å². The van der Waals surface area contributed by atoms with Crippen LogP contribution < -0.4 is 10.6 Å². The van der Waals surface area contributed by atoms with E-state index in [1.54, 1.807) is 12.1 Å². The summed E-state index contributed by atoms with van der Waals surface area (Å²) in [6.45, 7) is 3.69. The maximum atomic E-state index is 14.0. The van der Waals surface area contributed by atoms with Crippen molar-refractivity contribution in [3.05, 3.63) is 60.2 Å². The van der Waals surface area contributed by atoms with E-state index in [-0.39, 0.29) is 17.9 Å². The lowest BCUT2D eigenvalue weighted by Crippen LogP contribution is -2.52. The maximum absolute atomic E-state index is 14.0. The third kappa shape index (κ3) is 5.86. The highest BCUT2D eigenvalue weighted by Crippen LogP contribution is 2.36. The van der Waals surface area contributed by atoms with Gasteiger partial charge in [0.2, 0.25) is 5.91 Å². The molecule has 2 aromatic rings. The lowest BCUT2D eigenvalue weighted by molar-refractivity contribution is -0.161. The van der Waals surface area contributed by atoms with E-state index in [1.165, 1.54) is 12.1 Å². The second-order valence-electron chi connectivity index (χ2n) is 8.49. The Balaban J connectivity index is 1.83. The number of alkyl halides is 3. The molecule has 0 spiro atoms. The molecule has 4 nitrogen and oxygen atoms in total. The van der Waals surface area contributed by atoms with E-state index in [2.05, 4.69) is 10.6 Å². The number of nitrogens with zero attached hydrogens (tertiary/aromatic N) is 1. The fourth-order valence-electron chi connectivity index (χ4n) is 3.51. The van der Waals surface area contributed by atoms with E-state index in [0.29, 0.717) is 12.8 Å². The molecular formula is C24H26F3N3O. The average Bonchev–Trinajstić information content (AvgIpc) is 3.50. The van der Waals surface area contributed by atoms with Gasteiger partial charge < -0.3 is 5.32 Å². The van der Waals surface area contributed by atoms with E-state index in [9.17, 15) is 23.2 Å². The van der Waals surface area contributed by atoms with Crippen molar-refractivity contribution in [3.63, 3.8) is 0 Å². The van der Waals surface area contributed by atoms with Gasteiger partial charge in [0.15, 0.2) is 0 Å². The Morgan fingerprint density at radius 3 is 2.13 bits per heavy atom. The molecule has 164 valence electrons. The van der Waals surface area contributed by atoms with Crippen LogP contribution in [-0.4, -0.2) is 23.7 Å². The molecule has 0 unspecified atom stereocenters. The van der Waals surface area contributed by atoms with Gasteiger partial charge in [0.05, 0.1) is 12.1 Å². The van der Waals surface area contributed by atoms with Crippen LogP contribution in [0.15, 0.2) is 54.6 Å². The Morgan fingerprint density at radius 2 is 1.65 bits per heavy atom. The summed E-state index contributed by atoms with van der Waals surface area (Å²) in [7, 11) is 0. The second kappa shape index (κ2) is 9.11. The maximum Gasteiger partial charge on any atom is 0.407 e. The minimum absolute atomic E-state index is 0.00479. The van der Waals surface area contributed by atoms with Crippen molar-refractivity contribution >= 4 is 5.91 Å².